The molecule has 1 heterocycles. The van der Waals surface area contributed by atoms with Crippen molar-refractivity contribution in [2.24, 2.45) is 0 Å². The van der Waals surface area contributed by atoms with Gasteiger partial charge in [0.15, 0.2) is 0 Å². The summed E-state index contributed by atoms with van der Waals surface area (Å²) in [5, 5.41) is 0. The van der Waals surface area contributed by atoms with Crippen LogP contribution in [0.15, 0.2) is 23.1 Å². The standard InChI is InChI=1S/C12H19N3O3S/c1-14-19(16,17)12-7-9(13)3-4-11(12)15(2)10-5-6-18-8-10/h3-4,7,10,14H,5-6,8,13H2,1-2H3. The van der Waals surface area contributed by atoms with Gasteiger partial charge in [-0.05, 0) is 31.7 Å². The van der Waals surface area contributed by atoms with E-state index < -0.39 is 10.0 Å². The third kappa shape index (κ3) is 2.83. The zero-order valence-corrected chi connectivity index (χ0v) is 11.9. The summed E-state index contributed by atoms with van der Waals surface area (Å²) in [5.74, 6) is 0. The molecule has 1 saturated heterocycles. The maximum Gasteiger partial charge on any atom is 0.242 e. The minimum atomic E-state index is -3.54. The molecule has 0 amide bonds. The lowest BCUT2D eigenvalue weighted by Crippen LogP contribution is -2.33. The van der Waals surface area contributed by atoms with Crippen LogP contribution in [0.25, 0.3) is 0 Å². The Kier molecular flexibility index (Phi) is 3.98. The van der Waals surface area contributed by atoms with Crippen molar-refractivity contribution in [3.63, 3.8) is 0 Å². The van der Waals surface area contributed by atoms with Crippen LogP contribution < -0.4 is 15.4 Å². The number of anilines is 2. The number of nitrogens with zero attached hydrogens (tertiary/aromatic N) is 1. The number of hydrogen-bond donors (Lipinski definition) is 2. The molecular formula is C12H19N3O3S. The van der Waals surface area contributed by atoms with Crippen molar-refractivity contribution >= 4 is 21.4 Å². The van der Waals surface area contributed by atoms with Gasteiger partial charge in [0.1, 0.15) is 4.90 Å². The predicted octanol–water partition coefficient (Wildman–Crippen LogP) is 0.402. The van der Waals surface area contributed by atoms with E-state index in [1.165, 1.54) is 13.1 Å². The van der Waals surface area contributed by atoms with Gasteiger partial charge in [0.2, 0.25) is 10.0 Å². The fourth-order valence-corrected chi connectivity index (χ4v) is 3.17. The van der Waals surface area contributed by atoms with Crippen LogP contribution in [0.1, 0.15) is 6.42 Å². The zero-order chi connectivity index (χ0) is 14.0. The van der Waals surface area contributed by atoms with E-state index in [1.54, 1.807) is 12.1 Å². The molecule has 0 aliphatic carbocycles. The largest absolute Gasteiger partial charge is 0.399 e. The van der Waals surface area contributed by atoms with Gasteiger partial charge < -0.3 is 15.4 Å². The molecule has 0 saturated carbocycles. The van der Waals surface area contributed by atoms with Crippen LogP contribution in [-0.2, 0) is 14.8 Å². The lowest BCUT2D eigenvalue weighted by atomic mass is 10.2. The number of nitrogens with one attached hydrogen (secondary N) is 1. The van der Waals surface area contributed by atoms with Gasteiger partial charge in [-0.3, -0.25) is 0 Å². The van der Waals surface area contributed by atoms with Crippen LogP contribution in [0.4, 0.5) is 11.4 Å². The van der Waals surface area contributed by atoms with E-state index in [0.29, 0.717) is 24.6 Å². The van der Waals surface area contributed by atoms with Gasteiger partial charge >= 0.3 is 0 Å². The Bertz CT molecular complexity index is 553. The minimum absolute atomic E-state index is 0.189. The van der Waals surface area contributed by atoms with Crippen molar-refractivity contribution in [2.75, 3.05) is 37.9 Å². The highest BCUT2D eigenvalue weighted by molar-refractivity contribution is 7.89. The quantitative estimate of drug-likeness (QED) is 0.782. The lowest BCUT2D eigenvalue weighted by molar-refractivity contribution is 0.193. The molecular weight excluding hydrogens is 266 g/mol. The van der Waals surface area contributed by atoms with Crippen molar-refractivity contribution in [2.45, 2.75) is 17.4 Å². The Labute approximate surface area is 113 Å². The molecule has 3 N–H and O–H groups in total. The zero-order valence-electron chi connectivity index (χ0n) is 11.1. The Morgan fingerprint density at radius 1 is 1.47 bits per heavy atom. The Hall–Kier alpha value is -1.31. The fraction of sp³-hybridized carbons (Fsp3) is 0.500. The number of nitrogen functional groups attached to an aromatic ring is 1. The van der Waals surface area contributed by atoms with Crippen LogP contribution in [0.2, 0.25) is 0 Å². The Morgan fingerprint density at radius 3 is 2.79 bits per heavy atom. The van der Waals surface area contributed by atoms with Gasteiger partial charge in [-0.15, -0.1) is 0 Å². The van der Waals surface area contributed by atoms with E-state index >= 15 is 0 Å². The van der Waals surface area contributed by atoms with Crippen LogP contribution in [0.5, 0.6) is 0 Å². The molecule has 7 heteroatoms. The number of rotatable bonds is 4. The van der Waals surface area contributed by atoms with Crippen LogP contribution >= 0.6 is 0 Å². The summed E-state index contributed by atoms with van der Waals surface area (Å²) < 4.78 is 31.8. The van der Waals surface area contributed by atoms with E-state index in [4.69, 9.17) is 10.5 Å². The highest BCUT2D eigenvalue weighted by Gasteiger charge is 2.26. The van der Waals surface area contributed by atoms with E-state index in [1.807, 2.05) is 11.9 Å². The first-order valence-corrected chi connectivity index (χ1v) is 7.57. The molecule has 1 aromatic carbocycles. The van der Waals surface area contributed by atoms with Crippen molar-refractivity contribution < 1.29 is 13.2 Å². The monoisotopic (exact) mass is 285 g/mol. The molecule has 0 radical (unpaired) electrons. The van der Waals surface area contributed by atoms with Crippen LogP contribution in [0.3, 0.4) is 0 Å². The van der Waals surface area contributed by atoms with Gasteiger partial charge in [-0.2, -0.15) is 0 Å². The molecule has 0 bridgehead atoms. The van der Waals surface area contributed by atoms with Crippen LogP contribution in [-0.4, -0.2) is 41.8 Å². The fourth-order valence-electron chi connectivity index (χ4n) is 2.17. The second-order valence-electron chi connectivity index (χ2n) is 4.56. The summed E-state index contributed by atoms with van der Waals surface area (Å²) in [5.41, 5.74) is 6.76. The Balaban J connectivity index is 2.45. The molecule has 1 aliphatic rings. The molecule has 1 atom stereocenters. The average Bonchev–Trinajstić information content (AvgIpc) is 2.91. The SMILES string of the molecule is CNS(=O)(=O)c1cc(N)ccc1N(C)C1CCOC1. The topological polar surface area (TPSA) is 84.7 Å². The van der Waals surface area contributed by atoms with Gasteiger partial charge in [0, 0.05) is 19.3 Å². The molecule has 1 aliphatic heterocycles. The molecule has 106 valence electrons. The Morgan fingerprint density at radius 2 is 2.21 bits per heavy atom. The summed E-state index contributed by atoms with van der Waals surface area (Å²) in [7, 11) is -0.274. The van der Waals surface area contributed by atoms with E-state index in [-0.39, 0.29) is 10.9 Å². The van der Waals surface area contributed by atoms with Crippen molar-refractivity contribution in [1.29, 1.82) is 0 Å². The predicted molar refractivity (Wildman–Crippen MR) is 74.7 cm³/mol. The summed E-state index contributed by atoms with van der Waals surface area (Å²) in [6, 6.07) is 5.11. The highest BCUT2D eigenvalue weighted by Crippen LogP contribution is 2.29. The van der Waals surface area contributed by atoms with Crippen molar-refractivity contribution in [3.8, 4) is 0 Å². The van der Waals surface area contributed by atoms with E-state index in [9.17, 15) is 8.42 Å². The van der Waals surface area contributed by atoms with Crippen molar-refractivity contribution in [3.05, 3.63) is 18.2 Å². The highest BCUT2D eigenvalue weighted by atomic mass is 32.2. The molecule has 1 unspecified atom stereocenters. The average molecular weight is 285 g/mol. The normalized spacial score (nSPS) is 19.6. The smallest absolute Gasteiger partial charge is 0.242 e. The second kappa shape index (κ2) is 5.36. The second-order valence-corrected chi connectivity index (χ2v) is 6.42. The lowest BCUT2D eigenvalue weighted by Gasteiger charge is -2.27. The molecule has 6 nitrogen and oxygen atoms in total. The van der Waals surface area contributed by atoms with E-state index in [2.05, 4.69) is 4.72 Å². The summed E-state index contributed by atoms with van der Waals surface area (Å²) in [6.07, 6.45) is 0.889. The first-order valence-electron chi connectivity index (χ1n) is 6.09. The molecule has 19 heavy (non-hydrogen) atoms. The number of hydrogen-bond acceptors (Lipinski definition) is 5. The molecule has 0 aromatic heterocycles. The van der Waals surface area contributed by atoms with Crippen LogP contribution in [0, 0.1) is 0 Å². The summed E-state index contributed by atoms with van der Waals surface area (Å²) >= 11 is 0. The first kappa shape index (κ1) is 14.1. The van der Waals surface area contributed by atoms with E-state index in [0.717, 1.165) is 6.42 Å². The van der Waals surface area contributed by atoms with Gasteiger partial charge in [-0.1, -0.05) is 0 Å². The molecule has 0 spiro atoms. The molecule has 1 aromatic rings. The third-order valence-electron chi connectivity index (χ3n) is 3.38. The third-order valence-corrected chi connectivity index (χ3v) is 4.82. The molecule has 2 rings (SSSR count). The number of benzene rings is 1. The van der Waals surface area contributed by atoms with Gasteiger partial charge in [0.05, 0.1) is 18.3 Å². The number of nitrogens with two attached hydrogens (primary N) is 1. The first-order chi connectivity index (χ1) is 8.95. The van der Waals surface area contributed by atoms with Crippen molar-refractivity contribution in [1.82, 2.24) is 4.72 Å². The molecule has 1 fully saturated rings. The van der Waals surface area contributed by atoms with Gasteiger partial charge in [-0.25, -0.2) is 13.1 Å². The summed E-state index contributed by atoms with van der Waals surface area (Å²) in [6.45, 7) is 1.32. The van der Waals surface area contributed by atoms with Gasteiger partial charge in [0.25, 0.3) is 0 Å². The maximum atomic E-state index is 12.1. The minimum Gasteiger partial charge on any atom is -0.399 e. The number of sulfonamides is 1. The number of ether oxygens (including phenoxy) is 1. The number of likely N-dealkylation sites (N-methyl/N-ethyl adjacent to an activating group) is 1. The summed E-state index contributed by atoms with van der Waals surface area (Å²) in [4.78, 5) is 2.14. The maximum absolute atomic E-state index is 12.1.